The molecule has 9 heteroatoms. The van der Waals surface area contributed by atoms with Gasteiger partial charge in [0.15, 0.2) is 17.7 Å². The Morgan fingerprint density at radius 1 is 1.57 bits per heavy atom. The number of aliphatic hydroxyl groups is 1. The number of imidazole rings is 1. The highest BCUT2D eigenvalue weighted by atomic mass is 16.5. The quantitative estimate of drug-likeness (QED) is 0.665. The Morgan fingerprint density at radius 2 is 2.38 bits per heavy atom. The Hall–Kier alpha value is -2.26. The molecule has 0 radical (unpaired) electrons. The van der Waals surface area contributed by atoms with Crippen molar-refractivity contribution in [3.8, 4) is 0 Å². The van der Waals surface area contributed by atoms with Crippen LogP contribution in [0.5, 0.6) is 0 Å². The highest BCUT2D eigenvalue weighted by molar-refractivity contribution is 5.81. The van der Waals surface area contributed by atoms with Gasteiger partial charge in [-0.15, -0.1) is 0 Å². The lowest BCUT2D eigenvalue weighted by atomic mass is 10.0. The van der Waals surface area contributed by atoms with Crippen molar-refractivity contribution in [1.82, 2.24) is 24.8 Å². The van der Waals surface area contributed by atoms with Crippen molar-refractivity contribution in [2.45, 2.75) is 19.3 Å². The fourth-order valence-corrected chi connectivity index (χ4v) is 2.44. The maximum Gasteiger partial charge on any atom is 0.228 e. The Morgan fingerprint density at radius 3 is 3.14 bits per heavy atom. The van der Waals surface area contributed by atoms with E-state index in [2.05, 4.69) is 20.3 Å². The van der Waals surface area contributed by atoms with Crippen molar-refractivity contribution < 1.29 is 14.6 Å². The number of fused-ring (bicyclic) bond motifs is 1. The molecule has 3 atom stereocenters. The average Bonchev–Trinajstić information content (AvgIpc) is 3.03. The SMILES string of the molecule is CCNC(=O)[C@@H]1CO[C@@H](n2cnc3c(N)ncnc32)[C@@H]1O. The van der Waals surface area contributed by atoms with E-state index in [1.54, 1.807) is 4.57 Å². The van der Waals surface area contributed by atoms with Gasteiger partial charge in [-0.05, 0) is 6.92 Å². The summed E-state index contributed by atoms with van der Waals surface area (Å²) in [6, 6.07) is 0. The van der Waals surface area contributed by atoms with Crippen molar-refractivity contribution in [2.75, 3.05) is 18.9 Å². The van der Waals surface area contributed by atoms with Crippen LogP contribution in [0.1, 0.15) is 13.2 Å². The second-order valence-electron chi connectivity index (χ2n) is 4.80. The highest BCUT2D eigenvalue weighted by Crippen LogP contribution is 2.31. The van der Waals surface area contributed by atoms with Gasteiger partial charge in [0.1, 0.15) is 17.9 Å². The zero-order valence-electron chi connectivity index (χ0n) is 11.4. The number of carbonyl (C=O) groups excluding carboxylic acids is 1. The number of hydrogen-bond donors (Lipinski definition) is 3. The van der Waals surface area contributed by atoms with Gasteiger partial charge in [-0.25, -0.2) is 15.0 Å². The van der Waals surface area contributed by atoms with Gasteiger partial charge >= 0.3 is 0 Å². The predicted octanol–water partition coefficient (Wildman–Crippen LogP) is -0.949. The maximum atomic E-state index is 11.9. The molecule has 1 saturated heterocycles. The highest BCUT2D eigenvalue weighted by Gasteiger charge is 2.41. The Kier molecular flexibility index (Phi) is 3.43. The third-order valence-corrected chi connectivity index (χ3v) is 3.50. The molecule has 112 valence electrons. The summed E-state index contributed by atoms with van der Waals surface area (Å²) in [4.78, 5) is 24.0. The number of ether oxygens (including phenoxy) is 1. The molecule has 0 spiro atoms. The van der Waals surface area contributed by atoms with Crippen LogP contribution in [-0.4, -0.2) is 49.8 Å². The lowest BCUT2D eigenvalue weighted by Crippen LogP contribution is -2.37. The molecule has 21 heavy (non-hydrogen) atoms. The number of aliphatic hydroxyl groups excluding tert-OH is 1. The number of amides is 1. The second kappa shape index (κ2) is 5.26. The summed E-state index contributed by atoms with van der Waals surface area (Å²) in [6.07, 6.45) is 1.09. The van der Waals surface area contributed by atoms with Gasteiger partial charge < -0.3 is 20.9 Å². The molecular weight excluding hydrogens is 276 g/mol. The maximum absolute atomic E-state index is 11.9. The number of nitrogen functional groups attached to an aromatic ring is 1. The van der Waals surface area contributed by atoms with Crippen LogP contribution in [0, 0.1) is 5.92 Å². The molecule has 3 heterocycles. The third kappa shape index (κ3) is 2.20. The van der Waals surface area contributed by atoms with Crippen LogP contribution in [-0.2, 0) is 9.53 Å². The van der Waals surface area contributed by atoms with E-state index in [0.29, 0.717) is 17.7 Å². The molecule has 9 nitrogen and oxygen atoms in total. The fourth-order valence-electron chi connectivity index (χ4n) is 2.44. The number of nitrogens with zero attached hydrogens (tertiary/aromatic N) is 4. The normalized spacial score (nSPS) is 25.3. The summed E-state index contributed by atoms with van der Waals surface area (Å²) in [6.45, 7) is 2.46. The number of carbonyl (C=O) groups is 1. The molecule has 0 unspecified atom stereocenters. The van der Waals surface area contributed by atoms with E-state index in [1.807, 2.05) is 6.92 Å². The van der Waals surface area contributed by atoms with E-state index in [9.17, 15) is 9.90 Å². The van der Waals surface area contributed by atoms with E-state index < -0.39 is 18.2 Å². The standard InChI is InChI=1S/C12H16N6O3/c1-2-14-11(20)6-3-21-12(8(6)19)18-5-17-7-9(13)15-4-16-10(7)18/h4-6,8,12,19H,2-3H2,1H3,(H,14,20)(H2,13,15,16)/t6-,8-,12-/m1/s1. The first-order valence-electron chi connectivity index (χ1n) is 6.64. The average molecular weight is 292 g/mol. The summed E-state index contributed by atoms with van der Waals surface area (Å²) in [5.74, 6) is -0.593. The van der Waals surface area contributed by atoms with E-state index in [0.717, 1.165) is 0 Å². The monoisotopic (exact) mass is 292 g/mol. The molecule has 1 aliphatic heterocycles. The number of aromatic nitrogens is 4. The molecule has 0 bridgehead atoms. The summed E-state index contributed by atoms with van der Waals surface area (Å²) >= 11 is 0. The fraction of sp³-hybridized carbons (Fsp3) is 0.500. The molecule has 1 amide bonds. The second-order valence-corrected chi connectivity index (χ2v) is 4.80. The van der Waals surface area contributed by atoms with Crippen LogP contribution >= 0.6 is 0 Å². The van der Waals surface area contributed by atoms with Crippen molar-refractivity contribution in [1.29, 1.82) is 0 Å². The van der Waals surface area contributed by atoms with Gasteiger partial charge in [0.05, 0.1) is 18.9 Å². The molecule has 2 aromatic rings. The minimum absolute atomic E-state index is 0.137. The molecule has 4 N–H and O–H groups in total. The van der Waals surface area contributed by atoms with Crippen molar-refractivity contribution in [3.63, 3.8) is 0 Å². The van der Waals surface area contributed by atoms with E-state index in [1.165, 1.54) is 12.7 Å². The van der Waals surface area contributed by atoms with Crippen LogP contribution in [0.25, 0.3) is 11.2 Å². The van der Waals surface area contributed by atoms with Crippen LogP contribution in [0.15, 0.2) is 12.7 Å². The molecule has 1 aliphatic rings. The van der Waals surface area contributed by atoms with E-state index in [4.69, 9.17) is 10.5 Å². The van der Waals surface area contributed by atoms with E-state index in [-0.39, 0.29) is 18.3 Å². The summed E-state index contributed by atoms with van der Waals surface area (Å²) in [7, 11) is 0. The van der Waals surface area contributed by atoms with Gasteiger partial charge in [-0.2, -0.15) is 0 Å². The Balaban J connectivity index is 1.90. The van der Waals surface area contributed by atoms with Crippen molar-refractivity contribution in [2.24, 2.45) is 5.92 Å². The molecule has 2 aromatic heterocycles. The lowest BCUT2D eigenvalue weighted by molar-refractivity contribution is -0.127. The minimum atomic E-state index is -0.981. The molecule has 0 saturated carbocycles. The van der Waals surface area contributed by atoms with Gasteiger partial charge in [0, 0.05) is 6.54 Å². The number of anilines is 1. The predicted molar refractivity (Wildman–Crippen MR) is 72.9 cm³/mol. The van der Waals surface area contributed by atoms with Gasteiger partial charge in [-0.3, -0.25) is 9.36 Å². The number of nitrogens with two attached hydrogens (primary N) is 1. The first kappa shape index (κ1) is 13.7. The van der Waals surface area contributed by atoms with E-state index >= 15 is 0 Å². The third-order valence-electron chi connectivity index (χ3n) is 3.50. The van der Waals surface area contributed by atoms with Crippen LogP contribution in [0.2, 0.25) is 0 Å². The van der Waals surface area contributed by atoms with Crippen molar-refractivity contribution in [3.05, 3.63) is 12.7 Å². The number of hydrogen-bond acceptors (Lipinski definition) is 7. The Labute approximate surface area is 120 Å². The van der Waals surface area contributed by atoms with Gasteiger partial charge in [-0.1, -0.05) is 0 Å². The summed E-state index contributed by atoms with van der Waals surface area (Å²) < 4.78 is 7.12. The number of rotatable bonds is 3. The summed E-state index contributed by atoms with van der Waals surface area (Å²) in [5.41, 5.74) is 6.62. The molecule has 0 aromatic carbocycles. The topological polar surface area (TPSA) is 128 Å². The van der Waals surface area contributed by atoms with Crippen LogP contribution in [0.3, 0.4) is 0 Å². The first-order chi connectivity index (χ1) is 10.1. The largest absolute Gasteiger partial charge is 0.387 e. The smallest absolute Gasteiger partial charge is 0.228 e. The molecule has 3 rings (SSSR count). The first-order valence-corrected chi connectivity index (χ1v) is 6.64. The molecule has 0 aliphatic carbocycles. The van der Waals surface area contributed by atoms with Crippen LogP contribution < -0.4 is 11.1 Å². The molecule has 1 fully saturated rings. The van der Waals surface area contributed by atoms with Crippen molar-refractivity contribution >= 4 is 22.9 Å². The molecular formula is C12H16N6O3. The summed E-state index contributed by atoms with van der Waals surface area (Å²) in [5, 5.41) is 13.0. The number of nitrogens with one attached hydrogen (secondary N) is 1. The zero-order chi connectivity index (χ0) is 15.0. The Bertz CT molecular complexity index is 672. The van der Waals surface area contributed by atoms with Gasteiger partial charge in [0.2, 0.25) is 5.91 Å². The van der Waals surface area contributed by atoms with Crippen LogP contribution in [0.4, 0.5) is 5.82 Å². The lowest BCUT2D eigenvalue weighted by Gasteiger charge is -2.18. The minimum Gasteiger partial charge on any atom is -0.387 e. The zero-order valence-corrected chi connectivity index (χ0v) is 11.4. The van der Waals surface area contributed by atoms with Gasteiger partial charge in [0.25, 0.3) is 0 Å².